The van der Waals surface area contributed by atoms with Crippen LogP contribution in [-0.4, -0.2) is 36.1 Å². The fourth-order valence-corrected chi connectivity index (χ4v) is 3.11. The molecule has 0 amide bonds. The number of nitrogens with one attached hydrogen (secondary N) is 1. The van der Waals surface area contributed by atoms with E-state index >= 15 is 0 Å². The fourth-order valence-electron chi connectivity index (χ4n) is 2.36. The Balaban J connectivity index is 0.00000200. The minimum absolute atomic E-state index is 0. The molecule has 0 bridgehead atoms. The molecule has 1 fully saturated rings. The highest BCUT2D eigenvalue weighted by Crippen LogP contribution is 2.38. The highest BCUT2D eigenvalue weighted by molar-refractivity contribution is 6.43. The van der Waals surface area contributed by atoms with Crippen LogP contribution in [-0.2, 0) is 0 Å². The number of aromatic nitrogens is 1. The van der Waals surface area contributed by atoms with Crippen molar-refractivity contribution < 1.29 is 0 Å². The molecular weight excluding hydrogens is 375 g/mol. The van der Waals surface area contributed by atoms with Crippen molar-refractivity contribution in [2.24, 2.45) is 0 Å². The van der Waals surface area contributed by atoms with E-state index < -0.39 is 0 Å². The number of pyridine rings is 1. The Morgan fingerprint density at radius 3 is 2.48 bits per heavy atom. The molecule has 2 heterocycles. The van der Waals surface area contributed by atoms with E-state index in [9.17, 15) is 0 Å². The van der Waals surface area contributed by atoms with Crippen molar-refractivity contribution in [1.82, 2.24) is 15.2 Å². The molecule has 3 nitrogen and oxygen atoms in total. The monoisotopic (exact) mass is 391 g/mol. The van der Waals surface area contributed by atoms with Gasteiger partial charge in [-0.05, 0) is 6.42 Å². The van der Waals surface area contributed by atoms with Gasteiger partial charge in [-0.1, -0.05) is 40.9 Å². The zero-order chi connectivity index (χ0) is 13.8. The summed E-state index contributed by atoms with van der Waals surface area (Å²) in [5, 5.41) is 4.63. The molecule has 0 aliphatic carbocycles. The summed E-state index contributed by atoms with van der Waals surface area (Å²) in [5.41, 5.74) is 0.852. The third-order valence-corrected chi connectivity index (χ3v) is 4.35. The third kappa shape index (κ3) is 5.14. The normalized spacial score (nSPS) is 16.5. The van der Waals surface area contributed by atoms with E-state index in [1.807, 2.05) is 6.08 Å². The Hall–Kier alpha value is 0.260. The number of piperazine rings is 1. The number of rotatable bonds is 4. The molecule has 1 aromatic heterocycles. The van der Waals surface area contributed by atoms with Crippen molar-refractivity contribution in [3.8, 4) is 0 Å². The molecule has 0 aromatic carbocycles. The standard InChI is InChI=1S/C13H16Cl3N3.2ClH/c1-2-3-10(19-6-4-17-5-7-19)11-9(14)8-18-13(16)12(11)15;;/h2,8,10,17H,1,3-7H2;2*1H/t10-;;/m1../s1. The predicted molar refractivity (Wildman–Crippen MR) is 95.8 cm³/mol. The van der Waals surface area contributed by atoms with E-state index in [-0.39, 0.29) is 30.9 Å². The minimum atomic E-state index is 0. The summed E-state index contributed by atoms with van der Waals surface area (Å²) in [5.74, 6) is 0. The molecular formula is C13H18Cl5N3. The first-order chi connectivity index (χ1) is 9.15. The number of halogens is 5. The highest BCUT2D eigenvalue weighted by atomic mass is 35.5. The van der Waals surface area contributed by atoms with Crippen LogP contribution in [0.3, 0.4) is 0 Å². The molecule has 2 rings (SSSR count). The van der Waals surface area contributed by atoms with Crippen LogP contribution in [0, 0.1) is 0 Å². The smallest absolute Gasteiger partial charge is 0.148 e. The molecule has 8 heteroatoms. The molecule has 1 saturated heterocycles. The van der Waals surface area contributed by atoms with Gasteiger partial charge in [0.15, 0.2) is 0 Å². The Bertz CT molecular complexity index is 463. The summed E-state index contributed by atoms with van der Waals surface area (Å²) in [7, 11) is 0. The van der Waals surface area contributed by atoms with Gasteiger partial charge < -0.3 is 5.32 Å². The maximum atomic E-state index is 6.29. The van der Waals surface area contributed by atoms with Gasteiger partial charge in [-0.15, -0.1) is 31.4 Å². The summed E-state index contributed by atoms with van der Waals surface area (Å²) in [6.07, 6.45) is 4.22. The van der Waals surface area contributed by atoms with Crippen molar-refractivity contribution in [2.75, 3.05) is 26.2 Å². The van der Waals surface area contributed by atoms with Crippen LogP contribution in [0.5, 0.6) is 0 Å². The number of hydrogen-bond acceptors (Lipinski definition) is 3. The van der Waals surface area contributed by atoms with Gasteiger partial charge >= 0.3 is 0 Å². The van der Waals surface area contributed by atoms with E-state index in [1.54, 1.807) is 6.20 Å². The van der Waals surface area contributed by atoms with Crippen LogP contribution in [0.25, 0.3) is 0 Å². The zero-order valence-corrected chi connectivity index (χ0v) is 15.2. The van der Waals surface area contributed by atoms with Gasteiger partial charge in [0.05, 0.1) is 10.0 Å². The summed E-state index contributed by atoms with van der Waals surface area (Å²) < 4.78 is 0. The first-order valence-corrected chi connectivity index (χ1v) is 7.33. The van der Waals surface area contributed by atoms with Crippen molar-refractivity contribution in [1.29, 1.82) is 0 Å². The largest absolute Gasteiger partial charge is 0.314 e. The summed E-state index contributed by atoms with van der Waals surface area (Å²) >= 11 is 18.6. The summed E-state index contributed by atoms with van der Waals surface area (Å²) in [6.45, 7) is 7.64. The topological polar surface area (TPSA) is 28.2 Å². The Kier molecular flexibility index (Phi) is 10.2. The summed E-state index contributed by atoms with van der Waals surface area (Å²) in [6, 6.07) is 0.0973. The van der Waals surface area contributed by atoms with Crippen LogP contribution in [0.2, 0.25) is 15.2 Å². The first kappa shape index (κ1) is 21.3. The van der Waals surface area contributed by atoms with Gasteiger partial charge in [-0.3, -0.25) is 4.90 Å². The van der Waals surface area contributed by atoms with Crippen molar-refractivity contribution >= 4 is 59.6 Å². The highest BCUT2D eigenvalue weighted by Gasteiger charge is 2.26. The maximum absolute atomic E-state index is 6.29. The Morgan fingerprint density at radius 1 is 1.29 bits per heavy atom. The van der Waals surface area contributed by atoms with Crippen LogP contribution in [0.1, 0.15) is 18.0 Å². The van der Waals surface area contributed by atoms with Crippen LogP contribution >= 0.6 is 59.6 Å². The molecule has 1 atom stereocenters. The Morgan fingerprint density at radius 2 is 1.90 bits per heavy atom. The molecule has 1 aliphatic heterocycles. The van der Waals surface area contributed by atoms with Crippen LogP contribution in [0.15, 0.2) is 18.9 Å². The van der Waals surface area contributed by atoms with Gasteiger partial charge in [0, 0.05) is 44.0 Å². The third-order valence-electron chi connectivity index (χ3n) is 3.28. The van der Waals surface area contributed by atoms with E-state index in [0.717, 1.165) is 38.2 Å². The van der Waals surface area contributed by atoms with Gasteiger partial charge in [0.25, 0.3) is 0 Å². The lowest BCUT2D eigenvalue weighted by Gasteiger charge is -2.35. The molecule has 0 radical (unpaired) electrons. The molecule has 0 unspecified atom stereocenters. The van der Waals surface area contributed by atoms with E-state index in [2.05, 4.69) is 21.8 Å². The molecule has 1 aromatic rings. The van der Waals surface area contributed by atoms with E-state index in [1.165, 1.54) is 0 Å². The first-order valence-electron chi connectivity index (χ1n) is 6.20. The second-order valence-corrected chi connectivity index (χ2v) is 5.59. The lowest BCUT2D eigenvalue weighted by atomic mass is 10.0. The van der Waals surface area contributed by atoms with Crippen LogP contribution < -0.4 is 5.32 Å². The predicted octanol–water partition coefficient (Wildman–Crippen LogP) is 4.41. The van der Waals surface area contributed by atoms with E-state index in [0.29, 0.717) is 15.2 Å². The van der Waals surface area contributed by atoms with Gasteiger partial charge in [-0.2, -0.15) is 0 Å². The quantitative estimate of drug-likeness (QED) is 0.607. The molecule has 1 N–H and O–H groups in total. The van der Waals surface area contributed by atoms with Crippen molar-refractivity contribution in [3.05, 3.63) is 39.6 Å². The minimum Gasteiger partial charge on any atom is -0.314 e. The molecule has 0 spiro atoms. The average Bonchev–Trinajstić information content (AvgIpc) is 2.43. The van der Waals surface area contributed by atoms with E-state index in [4.69, 9.17) is 34.8 Å². The molecule has 1 aliphatic rings. The van der Waals surface area contributed by atoms with Gasteiger partial charge in [0.1, 0.15) is 5.15 Å². The molecule has 21 heavy (non-hydrogen) atoms. The maximum Gasteiger partial charge on any atom is 0.148 e. The SMILES string of the molecule is C=CC[C@H](c1c(Cl)cnc(Cl)c1Cl)N1CCNCC1.Cl.Cl. The lowest BCUT2D eigenvalue weighted by molar-refractivity contribution is 0.174. The second kappa shape index (κ2) is 10.1. The molecule has 0 saturated carbocycles. The Labute approximate surface area is 152 Å². The van der Waals surface area contributed by atoms with Crippen molar-refractivity contribution in [3.63, 3.8) is 0 Å². The van der Waals surface area contributed by atoms with Gasteiger partial charge in [0.2, 0.25) is 0 Å². The van der Waals surface area contributed by atoms with Crippen molar-refractivity contribution in [2.45, 2.75) is 12.5 Å². The average molecular weight is 394 g/mol. The number of hydrogen-bond donors (Lipinski definition) is 1. The van der Waals surface area contributed by atoms with Crippen LogP contribution in [0.4, 0.5) is 0 Å². The second-order valence-electron chi connectivity index (χ2n) is 4.45. The zero-order valence-electron chi connectivity index (χ0n) is 11.3. The van der Waals surface area contributed by atoms with Gasteiger partial charge in [-0.25, -0.2) is 4.98 Å². The fraction of sp³-hybridized carbons (Fsp3) is 0.462. The number of nitrogens with zero attached hydrogens (tertiary/aromatic N) is 2. The lowest BCUT2D eigenvalue weighted by Crippen LogP contribution is -2.45. The molecule has 120 valence electrons. The summed E-state index contributed by atoms with van der Waals surface area (Å²) in [4.78, 5) is 6.32.